The van der Waals surface area contributed by atoms with Crippen molar-refractivity contribution in [2.45, 2.75) is 6.61 Å². The summed E-state index contributed by atoms with van der Waals surface area (Å²) in [6.45, 7) is 0.240. The third-order valence-corrected chi connectivity index (χ3v) is 4.43. The molecule has 0 aliphatic carbocycles. The number of amides is 2. The van der Waals surface area contributed by atoms with E-state index in [-0.39, 0.29) is 34.9 Å². The molecular weight excluding hydrogens is 360 g/mol. The van der Waals surface area contributed by atoms with E-state index in [4.69, 9.17) is 4.74 Å². The van der Waals surface area contributed by atoms with Gasteiger partial charge in [-0.2, -0.15) is 0 Å². The largest absolute Gasteiger partial charge is 0.489 e. The molecule has 3 aromatic carbocycles. The molecule has 0 unspecified atom stereocenters. The van der Waals surface area contributed by atoms with Crippen molar-refractivity contribution >= 4 is 23.2 Å². The van der Waals surface area contributed by atoms with Gasteiger partial charge in [-0.3, -0.25) is 19.7 Å². The second-order valence-corrected chi connectivity index (χ2v) is 6.17. The predicted molar refractivity (Wildman–Crippen MR) is 101 cm³/mol. The van der Waals surface area contributed by atoms with Crippen LogP contribution in [0.5, 0.6) is 5.75 Å². The number of imide groups is 1. The number of nitro benzene ring substituents is 1. The van der Waals surface area contributed by atoms with Crippen LogP contribution in [0.25, 0.3) is 0 Å². The minimum absolute atomic E-state index is 0.0803. The lowest BCUT2D eigenvalue weighted by atomic mass is 10.1. The van der Waals surface area contributed by atoms with Crippen molar-refractivity contribution in [3.63, 3.8) is 0 Å². The summed E-state index contributed by atoms with van der Waals surface area (Å²) in [6, 6.07) is 19.8. The number of ether oxygens (including phenoxy) is 1. The Hall–Kier alpha value is -4.00. The third-order valence-electron chi connectivity index (χ3n) is 4.43. The van der Waals surface area contributed by atoms with Crippen molar-refractivity contribution in [2.24, 2.45) is 0 Å². The number of carbonyl (C=O) groups is 2. The maximum absolute atomic E-state index is 12.6. The first-order valence-corrected chi connectivity index (χ1v) is 8.49. The molecule has 1 aliphatic rings. The smallest absolute Gasteiger partial charge is 0.297 e. The van der Waals surface area contributed by atoms with Gasteiger partial charge in [-0.15, -0.1) is 0 Å². The van der Waals surface area contributed by atoms with Crippen LogP contribution in [0.3, 0.4) is 0 Å². The van der Waals surface area contributed by atoms with Crippen LogP contribution in [0.4, 0.5) is 11.4 Å². The maximum Gasteiger partial charge on any atom is 0.297 e. The average Bonchev–Trinajstić information content (AvgIpc) is 2.98. The Morgan fingerprint density at radius 3 is 2.07 bits per heavy atom. The van der Waals surface area contributed by atoms with Crippen molar-refractivity contribution in [2.75, 3.05) is 4.90 Å². The Bertz CT molecular complexity index is 1060. The van der Waals surface area contributed by atoms with Crippen LogP contribution in [-0.4, -0.2) is 16.7 Å². The number of nitro groups is 1. The molecule has 0 bridgehead atoms. The topological polar surface area (TPSA) is 89.8 Å². The molecule has 0 atom stereocenters. The van der Waals surface area contributed by atoms with Gasteiger partial charge in [0.05, 0.1) is 22.1 Å². The third kappa shape index (κ3) is 2.99. The van der Waals surface area contributed by atoms with E-state index >= 15 is 0 Å². The van der Waals surface area contributed by atoms with Gasteiger partial charge < -0.3 is 4.74 Å². The maximum atomic E-state index is 12.6. The lowest BCUT2D eigenvalue weighted by Crippen LogP contribution is -2.30. The second-order valence-electron chi connectivity index (χ2n) is 6.17. The molecule has 0 radical (unpaired) electrons. The summed E-state index contributed by atoms with van der Waals surface area (Å²) in [6.07, 6.45) is 0. The summed E-state index contributed by atoms with van der Waals surface area (Å²) >= 11 is 0. The van der Waals surface area contributed by atoms with E-state index in [0.717, 1.165) is 10.5 Å². The molecule has 138 valence electrons. The van der Waals surface area contributed by atoms with Crippen molar-refractivity contribution in [3.05, 3.63) is 99.6 Å². The summed E-state index contributed by atoms with van der Waals surface area (Å²) in [5.74, 6) is -0.890. The molecule has 0 spiro atoms. The van der Waals surface area contributed by atoms with E-state index < -0.39 is 16.7 Å². The van der Waals surface area contributed by atoms with Crippen LogP contribution in [-0.2, 0) is 6.61 Å². The van der Waals surface area contributed by atoms with Gasteiger partial charge in [-0.1, -0.05) is 42.5 Å². The van der Waals surface area contributed by atoms with E-state index in [0.29, 0.717) is 0 Å². The Balaban J connectivity index is 1.66. The minimum atomic E-state index is -0.631. The van der Waals surface area contributed by atoms with Crippen LogP contribution in [0.2, 0.25) is 0 Å². The lowest BCUT2D eigenvalue weighted by molar-refractivity contribution is -0.384. The average molecular weight is 374 g/mol. The molecule has 28 heavy (non-hydrogen) atoms. The van der Waals surface area contributed by atoms with E-state index in [1.165, 1.54) is 30.3 Å². The number of hydrogen-bond donors (Lipinski definition) is 0. The number of hydrogen-bond acceptors (Lipinski definition) is 5. The summed E-state index contributed by atoms with van der Waals surface area (Å²) < 4.78 is 5.62. The Kier molecular flexibility index (Phi) is 4.33. The van der Waals surface area contributed by atoms with Crippen LogP contribution in [0.1, 0.15) is 26.3 Å². The Morgan fingerprint density at radius 2 is 1.46 bits per heavy atom. The summed E-state index contributed by atoms with van der Waals surface area (Å²) in [7, 11) is 0. The number of nitrogens with zero attached hydrogens (tertiary/aromatic N) is 2. The van der Waals surface area contributed by atoms with Gasteiger partial charge >= 0.3 is 0 Å². The zero-order valence-corrected chi connectivity index (χ0v) is 14.6. The molecule has 0 saturated heterocycles. The van der Waals surface area contributed by atoms with Gasteiger partial charge in [0.2, 0.25) is 0 Å². The molecule has 1 aliphatic heterocycles. The standard InChI is InChI=1S/C21H14N2O5/c24-20-16-8-4-5-9-17(16)21(25)22(20)18-11-10-15(12-19(18)23(26)27)28-13-14-6-2-1-3-7-14/h1-12H,13H2. The van der Waals surface area contributed by atoms with Crippen LogP contribution in [0.15, 0.2) is 72.8 Å². The molecular formula is C21H14N2O5. The zero-order chi connectivity index (χ0) is 19.7. The first-order valence-electron chi connectivity index (χ1n) is 8.49. The molecule has 7 heteroatoms. The van der Waals surface area contributed by atoms with Crippen molar-refractivity contribution in [1.29, 1.82) is 0 Å². The number of anilines is 1. The molecule has 2 amide bonds. The van der Waals surface area contributed by atoms with Gasteiger partial charge in [0.25, 0.3) is 17.5 Å². The minimum Gasteiger partial charge on any atom is -0.489 e. The lowest BCUT2D eigenvalue weighted by Gasteiger charge is -2.15. The predicted octanol–water partition coefficient (Wildman–Crippen LogP) is 3.97. The first-order chi connectivity index (χ1) is 13.6. The Labute approximate surface area is 159 Å². The number of benzene rings is 3. The van der Waals surface area contributed by atoms with E-state index in [1.807, 2.05) is 30.3 Å². The van der Waals surface area contributed by atoms with Crippen LogP contribution in [0, 0.1) is 10.1 Å². The summed E-state index contributed by atoms with van der Waals surface area (Å²) in [5, 5.41) is 11.6. The fourth-order valence-corrected chi connectivity index (χ4v) is 3.08. The summed E-state index contributed by atoms with van der Waals surface area (Å²) in [4.78, 5) is 37.1. The van der Waals surface area contributed by atoms with Crippen LogP contribution >= 0.6 is 0 Å². The molecule has 1 heterocycles. The van der Waals surface area contributed by atoms with Gasteiger partial charge in [0.15, 0.2) is 0 Å². The number of carbonyl (C=O) groups excluding carboxylic acids is 2. The monoisotopic (exact) mass is 374 g/mol. The highest BCUT2D eigenvalue weighted by atomic mass is 16.6. The van der Waals surface area contributed by atoms with Gasteiger partial charge in [-0.05, 0) is 29.8 Å². The quantitative estimate of drug-likeness (QED) is 0.383. The normalized spacial score (nSPS) is 12.8. The van der Waals surface area contributed by atoms with Crippen molar-refractivity contribution in [3.8, 4) is 5.75 Å². The first kappa shape index (κ1) is 17.4. The van der Waals surface area contributed by atoms with Gasteiger partial charge in [-0.25, -0.2) is 4.90 Å². The molecule has 0 N–H and O–H groups in total. The Morgan fingerprint density at radius 1 is 0.857 bits per heavy atom. The molecule has 7 nitrogen and oxygen atoms in total. The molecule has 0 saturated carbocycles. The molecule has 0 aromatic heterocycles. The summed E-state index contributed by atoms with van der Waals surface area (Å²) in [5.41, 5.74) is 0.912. The van der Waals surface area contributed by atoms with Gasteiger partial charge in [0, 0.05) is 0 Å². The van der Waals surface area contributed by atoms with E-state index in [9.17, 15) is 19.7 Å². The van der Waals surface area contributed by atoms with E-state index in [1.54, 1.807) is 12.1 Å². The van der Waals surface area contributed by atoms with Crippen molar-refractivity contribution < 1.29 is 19.2 Å². The SMILES string of the molecule is O=C1c2ccccc2C(=O)N1c1ccc(OCc2ccccc2)cc1[N+](=O)[O-]. The highest BCUT2D eigenvalue weighted by molar-refractivity contribution is 6.35. The molecule has 3 aromatic rings. The fraction of sp³-hybridized carbons (Fsp3) is 0.0476. The van der Waals surface area contributed by atoms with Crippen LogP contribution < -0.4 is 9.64 Å². The van der Waals surface area contributed by atoms with Gasteiger partial charge in [0.1, 0.15) is 18.0 Å². The zero-order valence-electron chi connectivity index (χ0n) is 14.6. The fourth-order valence-electron chi connectivity index (χ4n) is 3.08. The van der Waals surface area contributed by atoms with E-state index in [2.05, 4.69) is 0 Å². The second kappa shape index (κ2) is 6.96. The highest BCUT2D eigenvalue weighted by Crippen LogP contribution is 2.37. The van der Waals surface area contributed by atoms with Crippen molar-refractivity contribution in [1.82, 2.24) is 0 Å². The molecule has 0 fully saturated rings. The highest BCUT2D eigenvalue weighted by Gasteiger charge is 2.39. The molecule has 4 rings (SSSR count). The number of fused-ring (bicyclic) bond motifs is 1. The number of rotatable bonds is 5.